The molecule has 2 aliphatic heterocycles. The van der Waals surface area contributed by atoms with E-state index in [0.717, 1.165) is 48.3 Å². The third kappa shape index (κ3) is 2.39. The molecule has 0 amide bonds. The summed E-state index contributed by atoms with van der Waals surface area (Å²) in [6.45, 7) is 4.04. The van der Waals surface area contributed by atoms with E-state index in [2.05, 4.69) is 16.8 Å². The predicted molar refractivity (Wildman–Crippen MR) is 91.1 cm³/mol. The molecule has 22 heavy (non-hydrogen) atoms. The Morgan fingerprint density at radius 1 is 1.18 bits per heavy atom. The minimum atomic E-state index is 0.595. The van der Waals surface area contributed by atoms with E-state index in [9.17, 15) is 0 Å². The fourth-order valence-electron chi connectivity index (χ4n) is 2.73. The molecule has 3 heterocycles. The van der Waals surface area contributed by atoms with Gasteiger partial charge < -0.3 is 14.5 Å². The van der Waals surface area contributed by atoms with Crippen LogP contribution in [0, 0.1) is 0 Å². The van der Waals surface area contributed by atoms with Gasteiger partial charge in [0.25, 0.3) is 0 Å². The second-order valence-corrected chi connectivity index (χ2v) is 6.85. The van der Waals surface area contributed by atoms with Crippen molar-refractivity contribution in [1.82, 2.24) is 9.80 Å². The first-order valence-corrected chi connectivity index (χ1v) is 8.54. The number of ether oxygens (including phenoxy) is 1. The minimum absolute atomic E-state index is 0.595. The molecule has 0 aliphatic carbocycles. The van der Waals surface area contributed by atoms with Gasteiger partial charge in [0.05, 0.1) is 5.02 Å². The van der Waals surface area contributed by atoms with E-state index in [4.69, 9.17) is 21.3 Å². The summed E-state index contributed by atoms with van der Waals surface area (Å²) in [5.41, 5.74) is 0.796. The van der Waals surface area contributed by atoms with Gasteiger partial charge in [0.2, 0.25) is 0 Å². The van der Waals surface area contributed by atoms with Gasteiger partial charge in [0.15, 0.2) is 11.6 Å². The summed E-state index contributed by atoms with van der Waals surface area (Å²) in [5.74, 6) is 2.49. The standard InChI is InChI=1S/C16H16ClN3OS/c1-19-6-8-20(9-7-19)16-15-13(5-10-22-15)21-14-11(17)3-2-4-12(14)18-16/h2-5,10H,6-9H2,1H3. The van der Waals surface area contributed by atoms with Crippen molar-refractivity contribution in [1.29, 1.82) is 0 Å². The number of piperazine rings is 1. The molecule has 2 aliphatic rings. The lowest BCUT2D eigenvalue weighted by Gasteiger charge is -2.34. The Hall–Kier alpha value is -1.56. The van der Waals surface area contributed by atoms with Crippen molar-refractivity contribution in [3.8, 4) is 11.5 Å². The Morgan fingerprint density at radius 2 is 2.00 bits per heavy atom. The fraction of sp³-hybridized carbons (Fsp3) is 0.312. The number of likely N-dealkylation sites (N-methyl/N-ethyl adjacent to an activating group) is 1. The van der Waals surface area contributed by atoms with Crippen LogP contribution in [0.25, 0.3) is 0 Å². The Morgan fingerprint density at radius 3 is 2.82 bits per heavy atom. The number of nitrogens with zero attached hydrogens (tertiary/aromatic N) is 3. The zero-order valence-corrected chi connectivity index (χ0v) is 13.8. The van der Waals surface area contributed by atoms with Gasteiger partial charge in [0, 0.05) is 26.2 Å². The zero-order valence-electron chi connectivity index (χ0n) is 12.3. The molecule has 1 saturated heterocycles. The number of rotatable bonds is 0. The second-order valence-electron chi connectivity index (χ2n) is 5.53. The van der Waals surface area contributed by atoms with Gasteiger partial charge in [-0.2, -0.15) is 0 Å². The Bertz CT molecular complexity index is 735. The van der Waals surface area contributed by atoms with Gasteiger partial charge in [-0.05, 0) is 30.6 Å². The van der Waals surface area contributed by atoms with Crippen molar-refractivity contribution >= 4 is 34.5 Å². The first kappa shape index (κ1) is 14.1. The number of amidine groups is 1. The quantitative estimate of drug-likeness (QED) is 0.733. The lowest BCUT2D eigenvalue weighted by molar-refractivity contribution is 0.216. The maximum absolute atomic E-state index is 6.29. The largest absolute Gasteiger partial charge is 0.452 e. The summed E-state index contributed by atoms with van der Waals surface area (Å²) in [6.07, 6.45) is 0. The van der Waals surface area contributed by atoms with Gasteiger partial charge >= 0.3 is 0 Å². The lowest BCUT2D eigenvalue weighted by atomic mass is 10.3. The van der Waals surface area contributed by atoms with Crippen molar-refractivity contribution in [3.63, 3.8) is 0 Å². The summed E-state index contributed by atoms with van der Waals surface area (Å²) in [4.78, 5) is 10.6. The highest BCUT2D eigenvalue weighted by molar-refractivity contribution is 7.12. The van der Waals surface area contributed by atoms with Crippen LogP contribution in [-0.4, -0.2) is 48.9 Å². The normalized spacial score (nSPS) is 18.1. The van der Waals surface area contributed by atoms with Gasteiger partial charge in [0.1, 0.15) is 16.3 Å². The average molecular weight is 334 g/mol. The molecule has 1 aromatic carbocycles. The van der Waals surface area contributed by atoms with Crippen molar-refractivity contribution in [2.75, 3.05) is 33.2 Å². The van der Waals surface area contributed by atoms with Crippen LogP contribution in [0.4, 0.5) is 5.69 Å². The molecular formula is C16H16ClN3OS. The number of fused-ring (bicyclic) bond motifs is 2. The number of halogens is 1. The lowest BCUT2D eigenvalue weighted by Crippen LogP contribution is -2.47. The van der Waals surface area contributed by atoms with Crippen molar-refractivity contribution in [3.05, 3.63) is 39.5 Å². The molecule has 1 fully saturated rings. The third-order valence-electron chi connectivity index (χ3n) is 4.02. The molecule has 0 atom stereocenters. The Balaban J connectivity index is 1.81. The van der Waals surface area contributed by atoms with E-state index in [-0.39, 0.29) is 0 Å². The number of hydrogen-bond acceptors (Lipinski definition) is 5. The van der Waals surface area contributed by atoms with E-state index >= 15 is 0 Å². The predicted octanol–water partition coefficient (Wildman–Crippen LogP) is 3.83. The second kappa shape index (κ2) is 5.57. The van der Waals surface area contributed by atoms with E-state index < -0.39 is 0 Å². The average Bonchev–Trinajstić information content (AvgIpc) is 2.91. The Labute approximate surface area is 138 Å². The van der Waals surface area contributed by atoms with Crippen LogP contribution in [0.15, 0.2) is 34.6 Å². The van der Waals surface area contributed by atoms with Gasteiger partial charge in [-0.1, -0.05) is 17.7 Å². The molecule has 2 aromatic rings. The van der Waals surface area contributed by atoms with Gasteiger partial charge in [-0.15, -0.1) is 11.3 Å². The highest BCUT2D eigenvalue weighted by Gasteiger charge is 2.26. The van der Waals surface area contributed by atoms with Crippen molar-refractivity contribution in [2.24, 2.45) is 4.99 Å². The van der Waals surface area contributed by atoms with E-state index in [1.807, 2.05) is 29.6 Å². The molecule has 6 heteroatoms. The van der Waals surface area contributed by atoms with Crippen LogP contribution >= 0.6 is 22.9 Å². The van der Waals surface area contributed by atoms with Gasteiger partial charge in [-0.3, -0.25) is 0 Å². The van der Waals surface area contributed by atoms with E-state index in [1.54, 1.807) is 11.3 Å². The van der Waals surface area contributed by atoms with Gasteiger partial charge in [-0.25, -0.2) is 4.99 Å². The molecule has 0 radical (unpaired) electrons. The number of aliphatic imine (C=N–C) groups is 1. The third-order valence-corrected chi connectivity index (χ3v) is 5.21. The monoisotopic (exact) mass is 333 g/mol. The fourth-order valence-corrected chi connectivity index (χ4v) is 3.78. The summed E-state index contributed by atoms with van der Waals surface area (Å²) in [7, 11) is 2.15. The number of benzene rings is 1. The van der Waals surface area contributed by atoms with E-state index in [1.165, 1.54) is 0 Å². The van der Waals surface area contributed by atoms with Crippen LogP contribution in [-0.2, 0) is 0 Å². The smallest absolute Gasteiger partial charge is 0.171 e. The molecule has 114 valence electrons. The van der Waals surface area contributed by atoms with Crippen molar-refractivity contribution < 1.29 is 4.74 Å². The number of para-hydroxylation sites is 1. The molecule has 0 unspecified atom stereocenters. The highest BCUT2D eigenvalue weighted by atomic mass is 35.5. The van der Waals surface area contributed by atoms with Crippen LogP contribution < -0.4 is 4.74 Å². The molecule has 4 nitrogen and oxygen atoms in total. The molecule has 0 N–H and O–H groups in total. The first-order chi connectivity index (χ1) is 10.7. The van der Waals surface area contributed by atoms with Crippen LogP contribution in [0.3, 0.4) is 0 Å². The van der Waals surface area contributed by atoms with Crippen LogP contribution in [0.5, 0.6) is 11.5 Å². The Kier molecular flexibility index (Phi) is 3.56. The molecular weight excluding hydrogens is 318 g/mol. The highest BCUT2D eigenvalue weighted by Crippen LogP contribution is 2.44. The maximum Gasteiger partial charge on any atom is 0.171 e. The van der Waals surface area contributed by atoms with Crippen LogP contribution in [0.1, 0.15) is 4.88 Å². The topological polar surface area (TPSA) is 28.1 Å². The summed E-state index contributed by atoms with van der Waals surface area (Å²) in [6, 6.07) is 7.69. The van der Waals surface area contributed by atoms with E-state index in [0.29, 0.717) is 10.8 Å². The van der Waals surface area contributed by atoms with Crippen LogP contribution in [0.2, 0.25) is 5.02 Å². The summed E-state index contributed by atoms with van der Waals surface area (Å²) < 4.78 is 6.04. The molecule has 0 spiro atoms. The number of hydrogen-bond donors (Lipinski definition) is 0. The minimum Gasteiger partial charge on any atom is -0.452 e. The maximum atomic E-state index is 6.29. The first-order valence-electron chi connectivity index (χ1n) is 7.29. The molecule has 1 aromatic heterocycles. The number of thiophene rings is 1. The molecule has 0 bridgehead atoms. The zero-order chi connectivity index (χ0) is 15.1. The molecule has 4 rings (SSSR count). The SMILES string of the molecule is CN1CCN(C2=Nc3cccc(Cl)c3Oc3ccsc32)CC1. The summed E-state index contributed by atoms with van der Waals surface area (Å²) >= 11 is 7.95. The summed E-state index contributed by atoms with van der Waals surface area (Å²) in [5, 5.41) is 2.64. The van der Waals surface area contributed by atoms with Crippen molar-refractivity contribution in [2.45, 2.75) is 0 Å². The molecule has 0 saturated carbocycles.